The van der Waals surface area contributed by atoms with Crippen LogP contribution in [0.2, 0.25) is 0 Å². The van der Waals surface area contributed by atoms with Crippen LogP contribution in [-0.4, -0.2) is 25.3 Å². The minimum absolute atomic E-state index is 0.217. The molecular formula is C16H24N2O3. The Labute approximate surface area is 125 Å². The van der Waals surface area contributed by atoms with Crippen molar-refractivity contribution in [3.63, 3.8) is 0 Å². The van der Waals surface area contributed by atoms with Crippen molar-refractivity contribution in [2.45, 2.75) is 45.1 Å². The van der Waals surface area contributed by atoms with Gasteiger partial charge in [0, 0.05) is 12.5 Å². The van der Waals surface area contributed by atoms with Crippen molar-refractivity contribution in [2.75, 3.05) is 13.3 Å². The highest BCUT2D eigenvalue weighted by molar-refractivity contribution is 5.73. The Kier molecular flexibility index (Phi) is 5.87. The number of nitrogens with one attached hydrogen (secondary N) is 1. The van der Waals surface area contributed by atoms with Gasteiger partial charge in [0.25, 0.3) is 0 Å². The highest BCUT2D eigenvalue weighted by Gasteiger charge is 2.13. The molecular weight excluding hydrogens is 268 g/mol. The number of hydrogen-bond donors (Lipinski definition) is 2. The SMILES string of the molecule is CC(CCc1ccc2c(c1)OCO2)NCCCCC(N)=O. The molecule has 1 aliphatic rings. The second kappa shape index (κ2) is 7.88. The molecule has 0 bridgehead atoms. The van der Waals surface area contributed by atoms with Crippen LogP contribution in [0.5, 0.6) is 11.5 Å². The number of ether oxygens (including phenoxy) is 2. The number of aryl methyl sites for hydroxylation is 1. The van der Waals surface area contributed by atoms with Crippen molar-refractivity contribution in [1.82, 2.24) is 5.32 Å². The summed E-state index contributed by atoms with van der Waals surface area (Å²) in [6, 6.07) is 6.57. The second-order valence-electron chi connectivity index (χ2n) is 5.50. The number of nitrogens with two attached hydrogens (primary N) is 1. The van der Waals surface area contributed by atoms with E-state index in [4.69, 9.17) is 15.2 Å². The van der Waals surface area contributed by atoms with E-state index in [1.165, 1.54) is 5.56 Å². The van der Waals surface area contributed by atoms with Gasteiger partial charge in [-0.2, -0.15) is 0 Å². The smallest absolute Gasteiger partial charge is 0.231 e. The molecule has 0 spiro atoms. The Bertz CT molecular complexity index is 477. The van der Waals surface area contributed by atoms with E-state index in [9.17, 15) is 4.79 Å². The molecule has 116 valence electrons. The van der Waals surface area contributed by atoms with Gasteiger partial charge in [0.1, 0.15) is 0 Å². The average molecular weight is 292 g/mol. The van der Waals surface area contributed by atoms with Crippen LogP contribution in [0, 0.1) is 0 Å². The van der Waals surface area contributed by atoms with Crippen LogP contribution in [0.4, 0.5) is 0 Å². The zero-order valence-electron chi connectivity index (χ0n) is 12.6. The zero-order valence-corrected chi connectivity index (χ0v) is 12.6. The van der Waals surface area contributed by atoms with Gasteiger partial charge in [-0.3, -0.25) is 4.79 Å². The van der Waals surface area contributed by atoms with Gasteiger partial charge in [0.2, 0.25) is 12.7 Å². The molecule has 3 N–H and O–H groups in total. The third-order valence-electron chi connectivity index (χ3n) is 3.65. The van der Waals surface area contributed by atoms with E-state index in [-0.39, 0.29) is 5.91 Å². The standard InChI is InChI=1S/C16H24N2O3/c1-12(18-9-3-2-4-16(17)19)5-6-13-7-8-14-15(10-13)21-11-20-14/h7-8,10,12,18H,2-6,9,11H2,1H3,(H2,17,19). The molecule has 0 aliphatic carbocycles. The van der Waals surface area contributed by atoms with E-state index in [1.807, 2.05) is 6.07 Å². The Balaban J connectivity index is 1.62. The highest BCUT2D eigenvalue weighted by atomic mass is 16.7. The van der Waals surface area contributed by atoms with Gasteiger partial charge in [-0.25, -0.2) is 0 Å². The van der Waals surface area contributed by atoms with Crippen molar-refractivity contribution in [3.05, 3.63) is 23.8 Å². The van der Waals surface area contributed by atoms with Crippen LogP contribution < -0.4 is 20.5 Å². The molecule has 0 saturated carbocycles. The molecule has 2 rings (SSSR count). The third-order valence-corrected chi connectivity index (χ3v) is 3.65. The molecule has 0 radical (unpaired) electrons. The molecule has 1 heterocycles. The monoisotopic (exact) mass is 292 g/mol. The maximum atomic E-state index is 10.6. The van der Waals surface area contributed by atoms with Gasteiger partial charge < -0.3 is 20.5 Å². The molecule has 0 aromatic heterocycles. The van der Waals surface area contributed by atoms with Crippen LogP contribution in [0.25, 0.3) is 0 Å². The number of rotatable bonds is 9. The average Bonchev–Trinajstić information content (AvgIpc) is 2.92. The van der Waals surface area contributed by atoms with Gasteiger partial charge in [0.15, 0.2) is 11.5 Å². The number of unbranched alkanes of at least 4 members (excludes halogenated alkanes) is 1. The van der Waals surface area contributed by atoms with Crippen LogP contribution in [0.1, 0.15) is 38.2 Å². The Morgan fingerprint density at radius 2 is 2.14 bits per heavy atom. The van der Waals surface area contributed by atoms with Crippen LogP contribution >= 0.6 is 0 Å². The predicted octanol–water partition coefficient (Wildman–Crippen LogP) is 1.98. The van der Waals surface area contributed by atoms with Crippen molar-refractivity contribution in [3.8, 4) is 11.5 Å². The maximum absolute atomic E-state index is 10.6. The third kappa shape index (κ3) is 5.27. The molecule has 21 heavy (non-hydrogen) atoms. The topological polar surface area (TPSA) is 73.6 Å². The van der Waals surface area contributed by atoms with Gasteiger partial charge in [-0.15, -0.1) is 0 Å². The van der Waals surface area contributed by atoms with Crippen molar-refractivity contribution in [2.24, 2.45) is 5.73 Å². The Morgan fingerprint density at radius 3 is 2.95 bits per heavy atom. The first-order chi connectivity index (χ1) is 10.1. The largest absolute Gasteiger partial charge is 0.454 e. The number of hydrogen-bond acceptors (Lipinski definition) is 4. The first-order valence-electron chi connectivity index (χ1n) is 7.55. The first-order valence-corrected chi connectivity index (χ1v) is 7.55. The lowest BCUT2D eigenvalue weighted by Gasteiger charge is -2.13. The summed E-state index contributed by atoms with van der Waals surface area (Å²) in [4.78, 5) is 10.6. The summed E-state index contributed by atoms with van der Waals surface area (Å²) in [5.41, 5.74) is 6.37. The van der Waals surface area contributed by atoms with Gasteiger partial charge >= 0.3 is 0 Å². The molecule has 1 unspecified atom stereocenters. The van der Waals surface area contributed by atoms with E-state index in [1.54, 1.807) is 0 Å². The highest BCUT2D eigenvalue weighted by Crippen LogP contribution is 2.32. The summed E-state index contributed by atoms with van der Waals surface area (Å²) in [6.07, 6.45) is 4.39. The molecule has 1 aromatic rings. The molecule has 1 amide bonds. The lowest BCUT2D eigenvalue weighted by molar-refractivity contribution is -0.118. The zero-order chi connectivity index (χ0) is 15.1. The van der Waals surface area contributed by atoms with Crippen molar-refractivity contribution >= 4 is 5.91 Å². The lowest BCUT2D eigenvalue weighted by atomic mass is 10.1. The summed E-state index contributed by atoms with van der Waals surface area (Å²) in [5.74, 6) is 1.46. The predicted molar refractivity (Wildman–Crippen MR) is 81.4 cm³/mol. The maximum Gasteiger partial charge on any atom is 0.231 e. The summed E-state index contributed by atoms with van der Waals surface area (Å²) >= 11 is 0. The van der Waals surface area contributed by atoms with E-state index in [0.717, 1.165) is 43.7 Å². The van der Waals surface area contributed by atoms with Crippen LogP contribution in [0.3, 0.4) is 0 Å². The fourth-order valence-electron chi connectivity index (χ4n) is 2.35. The Hall–Kier alpha value is -1.75. The number of carbonyl (C=O) groups is 1. The van der Waals surface area contributed by atoms with Gasteiger partial charge in [0.05, 0.1) is 0 Å². The number of benzene rings is 1. The van der Waals surface area contributed by atoms with E-state index >= 15 is 0 Å². The minimum Gasteiger partial charge on any atom is -0.454 e. The first kappa shape index (κ1) is 15.6. The molecule has 5 heteroatoms. The van der Waals surface area contributed by atoms with Crippen molar-refractivity contribution in [1.29, 1.82) is 0 Å². The summed E-state index contributed by atoms with van der Waals surface area (Å²) < 4.78 is 10.7. The normalized spacial score (nSPS) is 14.1. The quantitative estimate of drug-likeness (QED) is 0.683. The summed E-state index contributed by atoms with van der Waals surface area (Å²) in [7, 11) is 0. The molecule has 1 atom stereocenters. The van der Waals surface area contributed by atoms with Crippen LogP contribution in [-0.2, 0) is 11.2 Å². The van der Waals surface area contributed by atoms with E-state index < -0.39 is 0 Å². The molecule has 0 saturated heterocycles. The fourth-order valence-corrected chi connectivity index (χ4v) is 2.35. The van der Waals surface area contributed by atoms with E-state index in [0.29, 0.717) is 19.3 Å². The lowest BCUT2D eigenvalue weighted by Crippen LogP contribution is -2.27. The van der Waals surface area contributed by atoms with Gasteiger partial charge in [-0.05, 0) is 56.8 Å². The molecule has 0 fully saturated rings. The fraction of sp³-hybridized carbons (Fsp3) is 0.562. The number of fused-ring (bicyclic) bond motifs is 1. The number of primary amides is 1. The van der Waals surface area contributed by atoms with E-state index in [2.05, 4.69) is 24.4 Å². The second-order valence-corrected chi connectivity index (χ2v) is 5.50. The summed E-state index contributed by atoms with van der Waals surface area (Å²) in [6.45, 7) is 3.43. The molecule has 1 aromatic carbocycles. The Morgan fingerprint density at radius 1 is 1.33 bits per heavy atom. The number of amides is 1. The molecule has 5 nitrogen and oxygen atoms in total. The van der Waals surface area contributed by atoms with Crippen LogP contribution in [0.15, 0.2) is 18.2 Å². The number of carbonyl (C=O) groups excluding carboxylic acids is 1. The van der Waals surface area contributed by atoms with Gasteiger partial charge in [-0.1, -0.05) is 6.07 Å². The minimum atomic E-state index is -0.217. The summed E-state index contributed by atoms with van der Waals surface area (Å²) in [5, 5.41) is 3.47. The van der Waals surface area contributed by atoms with Crippen molar-refractivity contribution < 1.29 is 14.3 Å². The molecule has 1 aliphatic heterocycles.